The Morgan fingerprint density at radius 1 is 1.19 bits per heavy atom. The third-order valence-corrected chi connectivity index (χ3v) is 5.07. The highest BCUT2D eigenvalue weighted by Crippen LogP contribution is 2.21. The average Bonchev–Trinajstić information content (AvgIpc) is 3.10. The molecule has 0 aliphatic carbocycles. The van der Waals surface area contributed by atoms with Gasteiger partial charge in [-0.1, -0.05) is 0 Å². The van der Waals surface area contributed by atoms with Gasteiger partial charge in [0, 0.05) is 51.4 Å². The van der Waals surface area contributed by atoms with Crippen molar-refractivity contribution in [3.63, 3.8) is 0 Å². The van der Waals surface area contributed by atoms with Crippen molar-refractivity contribution in [1.82, 2.24) is 14.8 Å². The van der Waals surface area contributed by atoms with Crippen LogP contribution in [0.15, 0.2) is 18.3 Å². The molecule has 0 unspecified atom stereocenters. The lowest BCUT2D eigenvalue weighted by Gasteiger charge is -2.36. The Morgan fingerprint density at radius 3 is 2.50 bits per heavy atom. The molecular weight excluding hydrogens is 334 g/mol. The molecule has 3 rings (SSSR count). The summed E-state index contributed by atoms with van der Waals surface area (Å²) >= 11 is 0. The van der Waals surface area contributed by atoms with Gasteiger partial charge in [-0.3, -0.25) is 9.69 Å². The zero-order valence-electron chi connectivity index (χ0n) is 15.4. The number of ether oxygens (including phenoxy) is 1. The molecule has 0 aromatic carbocycles. The number of aromatic nitrogens is 1. The van der Waals surface area contributed by atoms with Crippen LogP contribution in [0.1, 0.15) is 30.6 Å². The Labute approximate surface area is 153 Å². The summed E-state index contributed by atoms with van der Waals surface area (Å²) in [6.45, 7) is 8.92. The van der Waals surface area contributed by atoms with E-state index in [4.69, 9.17) is 10.5 Å². The Kier molecular flexibility index (Phi) is 5.61. The molecule has 0 radical (unpaired) electrons. The lowest BCUT2D eigenvalue weighted by atomic mass is 10.2. The smallest absolute Gasteiger partial charge is 0.410 e. The monoisotopic (exact) mass is 361 g/mol. The maximum atomic E-state index is 12.4. The van der Waals surface area contributed by atoms with Crippen molar-refractivity contribution >= 4 is 17.8 Å². The number of hydrogen-bond donors (Lipinski definition) is 1. The molecule has 8 heteroatoms. The summed E-state index contributed by atoms with van der Waals surface area (Å²) in [5, 5.41) is 0. The Balaban J connectivity index is 1.48. The number of primary amides is 1. The molecule has 2 amide bonds. The number of nitrogens with two attached hydrogens (primary N) is 1. The fourth-order valence-corrected chi connectivity index (χ4v) is 3.39. The highest BCUT2D eigenvalue weighted by Gasteiger charge is 2.30. The van der Waals surface area contributed by atoms with Gasteiger partial charge in [0.1, 0.15) is 11.9 Å². The van der Waals surface area contributed by atoms with E-state index in [0.717, 1.165) is 31.9 Å². The van der Waals surface area contributed by atoms with Crippen LogP contribution < -0.4 is 10.6 Å². The third-order valence-electron chi connectivity index (χ3n) is 5.07. The van der Waals surface area contributed by atoms with Gasteiger partial charge >= 0.3 is 6.09 Å². The maximum Gasteiger partial charge on any atom is 0.410 e. The molecule has 2 N–H and O–H groups in total. The van der Waals surface area contributed by atoms with Gasteiger partial charge in [0.25, 0.3) is 0 Å². The SMILES string of the molecule is CC(C)N1CCN(C(=O)O[C@@H]2CCN(c3ccc(C(N)=O)cn3)C2)CC1. The quantitative estimate of drug-likeness (QED) is 0.857. The molecule has 1 aromatic heterocycles. The van der Waals surface area contributed by atoms with Crippen molar-refractivity contribution in [2.24, 2.45) is 5.73 Å². The zero-order valence-corrected chi connectivity index (χ0v) is 15.4. The van der Waals surface area contributed by atoms with E-state index in [2.05, 4.69) is 28.6 Å². The number of pyridine rings is 1. The number of anilines is 1. The van der Waals surface area contributed by atoms with Crippen LogP contribution in [0.5, 0.6) is 0 Å². The highest BCUT2D eigenvalue weighted by atomic mass is 16.6. The van der Waals surface area contributed by atoms with E-state index < -0.39 is 5.91 Å². The molecule has 0 spiro atoms. The van der Waals surface area contributed by atoms with Gasteiger partial charge < -0.3 is 20.3 Å². The van der Waals surface area contributed by atoms with E-state index in [1.54, 1.807) is 17.0 Å². The molecule has 26 heavy (non-hydrogen) atoms. The highest BCUT2D eigenvalue weighted by molar-refractivity contribution is 5.92. The molecular formula is C18H27N5O3. The van der Waals surface area contributed by atoms with Crippen molar-refractivity contribution in [2.45, 2.75) is 32.4 Å². The van der Waals surface area contributed by atoms with Gasteiger partial charge in [0.05, 0.1) is 12.1 Å². The summed E-state index contributed by atoms with van der Waals surface area (Å²) in [5.41, 5.74) is 5.62. The van der Waals surface area contributed by atoms with E-state index in [0.29, 0.717) is 31.2 Å². The molecule has 3 heterocycles. The molecule has 1 atom stereocenters. The zero-order chi connectivity index (χ0) is 18.7. The van der Waals surface area contributed by atoms with Crippen LogP contribution in [0.25, 0.3) is 0 Å². The second kappa shape index (κ2) is 7.90. The number of hydrogen-bond acceptors (Lipinski definition) is 6. The average molecular weight is 361 g/mol. The molecule has 142 valence electrons. The molecule has 2 aliphatic rings. The summed E-state index contributed by atoms with van der Waals surface area (Å²) in [4.78, 5) is 34.0. The first-order valence-electron chi connectivity index (χ1n) is 9.14. The lowest BCUT2D eigenvalue weighted by Crippen LogP contribution is -2.51. The summed E-state index contributed by atoms with van der Waals surface area (Å²) in [7, 11) is 0. The van der Waals surface area contributed by atoms with Crippen molar-refractivity contribution in [2.75, 3.05) is 44.2 Å². The minimum Gasteiger partial charge on any atom is -0.444 e. The van der Waals surface area contributed by atoms with Crippen LogP contribution in [0.4, 0.5) is 10.6 Å². The van der Waals surface area contributed by atoms with E-state index in [1.165, 1.54) is 6.20 Å². The maximum absolute atomic E-state index is 12.4. The molecule has 1 aromatic rings. The summed E-state index contributed by atoms with van der Waals surface area (Å²) < 4.78 is 5.69. The molecule has 2 fully saturated rings. The van der Waals surface area contributed by atoms with E-state index >= 15 is 0 Å². The Morgan fingerprint density at radius 2 is 1.92 bits per heavy atom. The van der Waals surface area contributed by atoms with Gasteiger partial charge in [-0.15, -0.1) is 0 Å². The van der Waals surface area contributed by atoms with Crippen molar-refractivity contribution in [3.8, 4) is 0 Å². The third kappa shape index (κ3) is 4.24. The summed E-state index contributed by atoms with van der Waals surface area (Å²) in [6, 6.07) is 3.94. The van der Waals surface area contributed by atoms with Crippen LogP contribution in [0.3, 0.4) is 0 Å². The Bertz CT molecular complexity index is 641. The van der Waals surface area contributed by atoms with Crippen molar-refractivity contribution < 1.29 is 14.3 Å². The number of rotatable bonds is 4. The predicted molar refractivity (Wildman–Crippen MR) is 98.1 cm³/mol. The first-order valence-corrected chi connectivity index (χ1v) is 9.14. The fraction of sp³-hybridized carbons (Fsp3) is 0.611. The molecule has 8 nitrogen and oxygen atoms in total. The number of carbonyl (C=O) groups is 2. The van der Waals surface area contributed by atoms with E-state index in [1.807, 2.05) is 0 Å². The van der Waals surface area contributed by atoms with Crippen molar-refractivity contribution in [1.29, 1.82) is 0 Å². The van der Waals surface area contributed by atoms with Crippen LogP contribution in [0.2, 0.25) is 0 Å². The van der Waals surface area contributed by atoms with Gasteiger partial charge in [0.15, 0.2) is 0 Å². The minimum atomic E-state index is -0.491. The summed E-state index contributed by atoms with van der Waals surface area (Å²) in [5.74, 6) is 0.272. The van der Waals surface area contributed by atoms with Crippen LogP contribution >= 0.6 is 0 Å². The first kappa shape index (κ1) is 18.4. The number of amides is 2. The van der Waals surface area contributed by atoms with E-state index in [-0.39, 0.29) is 12.2 Å². The van der Waals surface area contributed by atoms with Gasteiger partial charge in [-0.2, -0.15) is 0 Å². The lowest BCUT2D eigenvalue weighted by molar-refractivity contribution is 0.0474. The number of nitrogens with zero attached hydrogens (tertiary/aromatic N) is 4. The first-order chi connectivity index (χ1) is 12.4. The topological polar surface area (TPSA) is 92.0 Å². The van der Waals surface area contributed by atoms with Crippen LogP contribution in [0, 0.1) is 0 Å². The predicted octanol–water partition coefficient (Wildman–Crippen LogP) is 0.922. The van der Waals surface area contributed by atoms with E-state index in [9.17, 15) is 9.59 Å². The molecule has 0 bridgehead atoms. The standard InChI is InChI=1S/C18H27N5O3/c1-13(2)21-7-9-22(10-8-21)18(25)26-15-5-6-23(12-15)16-4-3-14(11-20-16)17(19)24/h3-4,11,13,15H,5-10,12H2,1-2H3,(H2,19,24)/t15-/m1/s1. The van der Waals surface area contributed by atoms with Gasteiger partial charge in [0.2, 0.25) is 5.91 Å². The molecule has 2 aliphatic heterocycles. The number of piperazine rings is 1. The normalized spacial score (nSPS) is 21.3. The second-order valence-corrected chi connectivity index (χ2v) is 7.13. The second-order valence-electron chi connectivity index (χ2n) is 7.13. The molecule has 2 saturated heterocycles. The van der Waals surface area contributed by atoms with Crippen LogP contribution in [-0.2, 0) is 4.74 Å². The summed E-state index contributed by atoms with van der Waals surface area (Å²) in [6.07, 6.45) is 1.89. The van der Waals surface area contributed by atoms with Gasteiger partial charge in [-0.25, -0.2) is 9.78 Å². The largest absolute Gasteiger partial charge is 0.444 e. The van der Waals surface area contributed by atoms with Crippen LogP contribution in [-0.4, -0.2) is 78.2 Å². The van der Waals surface area contributed by atoms with Crippen molar-refractivity contribution in [3.05, 3.63) is 23.9 Å². The minimum absolute atomic E-state index is 0.136. The number of carbonyl (C=O) groups excluding carboxylic acids is 2. The fourth-order valence-electron chi connectivity index (χ4n) is 3.39. The van der Waals surface area contributed by atoms with Gasteiger partial charge in [-0.05, 0) is 26.0 Å². The molecule has 0 saturated carbocycles. The Hall–Kier alpha value is -2.35.